The third-order valence-corrected chi connectivity index (χ3v) is 2.10. The first-order valence-corrected chi connectivity index (χ1v) is 4.92. The van der Waals surface area contributed by atoms with Crippen molar-refractivity contribution in [2.45, 2.75) is 52.2 Å². The summed E-state index contributed by atoms with van der Waals surface area (Å²) in [5, 5.41) is 0. The molecule has 2 nitrogen and oxygen atoms in total. The lowest BCUT2D eigenvalue weighted by atomic mass is 10.2. The highest BCUT2D eigenvalue weighted by Gasteiger charge is 2.18. The van der Waals surface area contributed by atoms with E-state index in [-0.39, 0.29) is 0 Å². The Kier molecular flexibility index (Phi) is 7.51. The SMILES string of the molecule is CCC(CC)OC.CCC1CO1. The molecular weight excluding hydrogens is 152 g/mol. The number of hydrogen-bond acceptors (Lipinski definition) is 2. The van der Waals surface area contributed by atoms with Crippen LogP contribution in [0.25, 0.3) is 0 Å². The van der Waals surface area contributed by atoms with Gasteiger partial charge in [0.05, 0.1) is 18.8 Å². The van der Waals surface area contributed by atoms with Crippen LogP contribution in [-0.4, -0.2) is 25.9 Å². The molecule has 0 amide bonds. The summed E-state index contributed by atoms with van der Waals surface area (Å²) in [6, 6.07) is 0. The fourth-order valence-corrected chi connectivity index (χ4v) is 0.926. The second kappa shape index (κ2) is 7.56. The first kappa shape index (κ1) is 11.9. The molecule has 0 aromatic carbocycles. The Morgan fingerprint density at radius 2 is 1.83 bits per heavy atom. The van der Waals surface area contributed by atoms with Gasteiger partial charge in [-0.3, -0.25) is 0 Å². The number of ether oxygens (including phenoxy) is 2. The summed E-state index contributed by atoms with van der Waals surface area (Å²) in [7, 11) is 1.76. The Balaban J connectivity index is 0.000000211. The molecule has 1 heterocycles. The van der Waals surface area contributed by atoms with Crippen molar-refractivity contribution in [1.29, 1.82) is 0 Å². The summed E-state index contributed by atoms with van der Waals surface area (Å²) in [4.78, 5) is 0. The van der Waals surface area contributed by atoms with Crippen LogP contribution in [0.15, 0.2) is 0 Å². The molecule has 0 aliphatic carbocycles. The number of hydrogen-bond donors (Lipinski definition) is 0. The van der Waals surface area contributed by atoms with Gasteiger partial charge in [-0.15, -0.1) is 0 Å². The monoisotopic (exact) mass is 174 g/mol. The van der Waals surface area contributed by atoms with Crippen LogP contribution in [0, 0.1) is 0 Å². The van der Waals surface area contributed by atoms with E-state index in [9.17, 15) is 0 Å². The lowest BCUT2D eigenvalue weighted by Crippen LogP contribution is -2.05. The number of rotatable bonds is 4. The first-order chi connectivity index (χ1) is 5.78. The van der Waals surface area contributed by atoms with E-state index in [1.54, 1.807) is 7.11 Å². The van der Waals surface area contributed by atoms with Gasteiger partial charge < -0.3 is 9.47 Å². The topological polar surface area (TPSA) is 21.8 Å². The Morgan fingerprint density at radius 3 is 1.83 bits per heavy atom. The van der Waals surface area contributed by atoms with Gasteiger partial charge in [0.25, 0.3) is 0 Å². The van der Waals surface area contributed by atoms with Crippen LogP contribution in [0.1, 0.15) is 40.0 Å². The van der Waals surface area contributed by atoms with Crippen LogP contribution < -0.4 is 0 Å². The molecule has 1 unspecified atom stereocenters. The average molecular weight is 174 g/mol. The zero-order chi connectivity index (χ0) is 9.40. The van der Waals surface area contributed by atoms with E-state index >= 15 is 0 Å². The second-order valence-electron chi connectivity index (χ2n) is 3.04. The molecule has 74 valence electrons. The summed E-state index contributed by atoms with van der Waals surface area (Å²) in [5.74, 6) is 0. The largest absolute Gasteiger partial charge is 0.381 e. The van der Waals surface area contributed by atoms with Crippen LogP contribution >= 0.6 is 0 Å². The number of methoxy groups -OCH3 is 1. The standard InChI is InChI=1S/C6H14O.C4H8O/c1-4-6(5-2)7-3;1-2-4-3-5-4/h6H,4-5H2,1-3H3;4H,2-3H2,1H3. The Bertz CT molecular complexity index is 80.3. The minimum atomic E-state index is 0.486. The van der Waals surface area contributed by atoms with E-state index in [0.717, 1.165) is 19.4 Å². The smallest absolute Gasteiger partial charge is 0.0807 e. The van der Waals surface area contributed by atoms with Crippen LogP contribution in [0.4, 0.5) is 0 Å². The second-order valence-corrected chi connectivity index (χ2v) is 3.04. The van der Waals surface area contributed by atoms with Crippen molar-refractivity contribution in [3.63, 3.8) is 0 Å². The molecule has 2 heteroatoms. The molecule has 0 N–H and O–H groups in total. The minimum Gasteiger partial charge on any atom is -0.381 e. The summed E-state index contributed by atoms with van der Waals surface area (Å²) in [5.41, 5.74) is 0. The summed E-state index contributed by atoms with van der Waals surface area (Å²) in [6.45, 7) is 7.42. The molecule has 0 spiro atoms. The van der Waals surface area contributed by atoms with Gasteiger partial charge in [0.2, 0.25) is 0 Å². The molecule has 0 bridgehead atoms. The van der Waals surface area contributed by atoms with Gasteiger partial charge >= 0.3 is 0 Å². The minimum absolute atomic E-state index is 0.486. The quantitative estimate of drug-likeness (QED) is 0.611. The van der Waals surface area contributed by atoms with Crippen molar-refractivity contribution < 1.29 is 9.47 Å². The predicted molar refractivity (Wildman–Crippen MR) is 51.4 cm³/mol. The molecular formula is C10H22O2. The van der Waals surface area contributed by atoms with E-state index in [1.807, 2.05) is 0 Å². The van der Waals surface area contributed by atoms with Gasteiger partial charge in [-0.25, -0.2) is 0 Å². The maximum Gasteiger partial charge on any atom is 0.0807 e. The zero-order valence-electron chi connectivity index (χ0n) is 8.80. The van der Waals surface area contributed by atoms with Gasteiger partial charge in [0.15, 0.2) is 0 Å². The van der Waals surface area contributed by atoms with Gasteiger partial charge in [0, 0.05) is 7.11 Å². The molecule has 12 heavy (non-hydrogen) atoms. The van der Waals surface area contributed by atoms with Gasteiger partial charge in [-0.05, 0) is 19.3 Å². The van der Waals surface area contributed by atoms with Crippen molar-refractivity contribution in [3.8, 4) is 0 Å². The number of epoxide rings is 1. The van der Waals surface area contributed by atoms with Crippen molar-refractivity contribution in [1.82, 2.24) is 0 Å². The van der Waals surface area contributed by atoms with Crippen LogP contribution in [0.3, 0.4) is 0 Å². The highest BCUT2D eigenvalue weighted by molar-refractivity contribution is 4.64. The highest BCUT2D eigenvalue weighted by Crippen LogP contribution is 2.10. The Hall–Kier alpha value is -0.0800. The van der Waals surface area contributed by atoms with Crippen LogP contribution in [0.5, 0.6) is 0 Å². The Morgan fingerprint density at radius 1 is 1.33 bits per heavy atom. The average Bonchev–Trinajstić information content (AvgIpc) is 2.91. The molecule has 1 rings (SSSR count). The molecule has 1 fully saturated rings. The van der Waals surface area contributed by atoms with Crippen LogP contribution in [0.2, 0.25) is 0 Å². The van der Waals surface area contributed by atoms with E-state index < -0.39 is 0 Å². The zero-order valence-corrected chi connectivity index (χ0v) is 8.80. The van der Waals surface area contributed by atoms with Crippen molar-refractivity contribution in [2.24, 2.45) is 0 Å². The lowest BCUT2D eigenvalue weighted by molar-refractivity contribution is 0.0964. The predicted octanol–water partition coefficient (Wildman–Crippen LogP) is 2.62. The summed E-state index contributed by atoms with van der Waals surface area (Å²) < 4.78 is 9.91. The van der Waals surface area contributed by atoms with Crippen LogP contribution in [-0.2, 0) is 9.47 Å². The Labute approximate surface area is 76.3 Å². The van der Waals surface area contributed by atoms with Crippen molar-refractivity contribution in [3.05, 3.63) is 0 Å². The molecule has 0 saturated carbocycles. The molecule has 0 aromatic heterocycles. The fourth-order valence-electron chi connectivity index (χ4n) is 0.926. The molecule has 1 saturated heterocycles. The third-order valence-electron chi connectivity index (χ3n) is 2.10. The first-order valence-electron chi connectivity index (χ1n) is 4.92. The molecule has 1 aliphatic rings. The van der Waals surface area contributed by atoms with Gasteiger partial charge in [-0.1, -0.05) is 20.8 Å². The lowest BCUT2D eigenvalue weighted by Gasteiger charge is -2.07. The van der Waals surface area contributed by atoms with Gasteiger partial charge in [0.1, 0.15) is 0 Å². The van der Waals surface area contributed by atoms with E-state index in [4.69, 9.17) is 9.47 Å². The maximum absolute atomic E-state index is 5.05. The summed E-state index contributed by atoms with van der Waals surface area (Å²) >= 11 is 0. The highest BCUT2D eigenvalue weighted by atomic mass is 16.6. The maximum atomic E-state index is 5.05. The summed E-state index contributed by atoms with van der Waals surface area (Å²) in [6.07, 6.45) is 4.58. The van der Waals surface area contributed by atoms with E-state index in [0.29, 0.717) is 12.2 Å². The normalized spacial score (nSPS) is 20.2. The van der Waals surface area contributed by atoms with Gasteiger partial charge in [-0.2, -0.15) is 0 Å². The van der Waals surface area contributed by atoms with E-state index in [2.05, 4.69) is 20.8 Å². The van der Waals surface area contributed by atoms with Crippen molar-refractivity contribution >= 4 is 0 Å². The van der Waals surface area contributed by atoms with E-state index in [1.165, 1.54) is 6.42 Å². The molecule has 0 radical (unpaired) electrons. The molecule has 1 aliphatic heterocycles. The molecule has 1 atom stereocenters. The molecule has 0 aromatic rings. The van der Waals surface area contributed by atoms with Crippen molar-refractivity contribution in [2.75, 3.05) is 13.7 Å². The fraction of sp³-hybridized carbons (Fsp3) is 1.00. The third kappa shape index (κ3) is 6.62.